The zero-order valence-electron chi connectivity index (χ0n) is 10.5. The number of nitrogens with zero attached hydrogens (tertiary/aromatic N) is 1. The second-order valence-corrected chi connectivity index (χ2v) is 3.86. The highest BCUT2D eigenvalue weighted by Gasteiger charge is 2.36. The Morgan fingerprint density at radius 3 is 2.47 bits per heavy atom. The van der Waals surface area contributed by atoms with Crippen LogP contribution in [0.15, 0.2) is 18.5 Å². The largest absolute Gasteiger partial charge is 0.367 e. The van der Waals surface area contributed by atoms with Gasteiger partial charge in [0, 0.05) is 18.4 Å². The zero-order chi connectivity index (χ0) is 12.9. The van der Waals surface area contributed by atoms with E-state index in [0.717, 1.165) is 6.20 Å². The zero-order valence-corrected chi connectivity index (χ0v) is 10.5. The maximum atomic E-state index is 13.1. The van der Waals surface area contributed by atoms with Gasteiger partial charge in [-0.25, -0.2) is 4.39 Å². The molecule has 17 heavy (non-hydrogen) atoms. The van der Waals surface area contributed by atoms with E-state index in [0.29, 0.717) is 19.4 Å². The van der Waals surface area contributed by atoms with Crippen LogP contribution in [-0.4, -0.2) is 23.0 Å². The van der Waals surface area contributed by atoms with E-state index in [1.54, 1.807) is 0 Å². The molecule has 0 aromatic carbocycles. The van der Waals surface area contributed by atoms with Gasteiger partial charge in [0.2, 0.25) is 0 Å². The van der Waals surface area contributed by atoms with Crippen molar-refractivity contribution >= 4 is 5.78 Å². The predicted octanol–water partition coefficient (Wildman–Crippen LogP) is 3.00. The van der Waals surface area contributed by atoms with Crippen molar-refractivity contribution in [2.24, 2.45) is 0 Å². The van der Waals surface area contributed by atoms with Gasteiger partial charge in [0.05, 0.1) is 6.20 Å². The fourth-order valence-corrected chi connectivity index (χ4v) is 1.92. The van der Waals surface area contributed by atoms with Crippen molar-refractivity contribution in [3.63, 3.8) is 0 Å². The van der Waals surface area contributed by atoms with E-state index in [9.17, 15) is 9.18 Å². The van der Waals surface area contributed by atoms with Crippen LogP contribution in [0.25, 0.3) is 0 Å². The lowest BCUT2D eigenvalue weighted by Gasteiger charge is -2.29. The maximum absolute atomic E-state index is 13.1. The number of pyridine rings is 1. The van der Waals surface area contributed by atoms with Crippen LogP contribution < -0.4 is 0 Å². The summed E-state index contributed by atoms with van der Waals surface area (Å²) in [6.45, 7) is 6.08. The standard InChI is InChI=1S/C13H18FNO2/c1-4-13(5-2,17-6-3)12(16)10-7-11(14)9-15-8-10/h7-9H,4-6H2,1-3H3. The third-order valence-electron chi connectivity index (χ3n) is 2.94. The molecule has 94 valence electrons. The van der Waals surface area contributed by atoms with E-state index in [1.165, 1.54) is 12.3 Å². The summed E-state index contributed by atoms with van der Waals surface area (Å²) in [5.74, 6) is -0.704. The van der Waals surface area contributed by atoms with Gasteiger partial charge in [-0.15, -0.1) is 0 Å². The van der Waals surface area contributed by atoms with Gasteiger partial charge in [-0.3, -0.25) is 9.78 Å². The summed E-state index contributed by atoms with van der Waals surface area (Å²) in [6, 6.07) is 1.20. The molecule has 0 unspecified atom stereocenters. The first-order chi connectivity index (χ1) is 8.09. The predicted molar refractivity (Wildman–Crippen MR) is 63.5 cm³/mol. The van der Waals surface area contributed by atoms with Gasteiger partial charge < -0.3 is 4.74 Å². The molecule has 0 atom stereocenters. The number of hydrogen-bond acceptors (Lipinski definition) is 3. The van der Waals surface area contributed by atoms with Gasteiger partial charge in [-0.05, 0) is 25.8 Å². The number of aromatic nitrogens is 1. The molecule has 0 aliphatic carbocycles. The Balaban J connectivity index is 3.07. The molecule has 0 aliphatic heterocycles. The Morgan fingerprint density at radius 2 is 2.00 bits per heavy atom. The number of hydrogen-bond donors (Lipinski definition) is 0. The lowest BCUT2D eigenvalue weighted by molar-refractivity contribution is -0.0250. The molecule has 1 aromatic heterocycles. The highest BCUT2D eigenvalue weighted by atomic mass is 19.1. The number of Topliss-reactive ketones (excluding diaryl/α,β-unsaturated/α-hetero) is 1. The normalized spacial score (nSPS) is 11.5. The summed E-state index contributed by atoms with van der Waals surface area (Å²) >= 11 is 0. The lowest BCUT2D eigenvalue weighted by Crippen LogP contribution is -2.40. The highest BCUT2D eigenvalue weighted by Crippen LogP contribution is 2.25. The van der Waals surface area contributed by atoms with Crippen molar-refractivity contribution in [1.82, 2.24) is 4.98 Å². The van der Waals surface area contributed by atoms with Gasteiger partial charge in [0.15, 0.2) is 5.78 Å². The molecule has 0 aliphatic rings. The molecule has 0 fully saturated rings. The number of halogens is 1. The Bertz CT molecular complexity index is 389. The summed E-state index contributed by atoms with van der Waals surface area (Å²) in [5.41, 5.74) is -0.591. The third kappa shape index (κ3) is 2.88. The number of ether oxygens (including phenoxy) is 1. The SMILES string of the molecule is CCOC(CC)(CC)C(=O)c1cncc(F)c1. The van der Waals surface area contributed by atoms with Crippen LogP contribution in [0.3, 0.4) is 0 Å². The lowest BCUT2D eigenvalue weighted by atomic mass is 9.88. The number of carbonyl (C=O) groups excluding carboxylic acids is 1. The van der Waals surface area contributed by atoms with Crippen molar-refractivity contribution in [2.45, 2.75) is 39.2 Å². The fourth-order valence-electron chi connectivity index (χ4n) is 1.92. The van der Waals surface area contributed by atoms with Crippen LogP contribution in [0.1, 0.15) is 44.0 Å². The van der Waals surface area contributed by atoms with Crippen LogP contribution in [0.2, 0.25) is 0 Å². The summed E-state index contributed by atoms with van der Waals surface area (Å²) in [6.07, 6.45) is 3.58. The molecule has 1 rings (SSSR count). The minimum absolute atomic E-state index is 0.198. The molecule has 1 aromatic rings. The van der Waals surface area contributed by atoms with Gasteiger partial charge in [0.1, 0.15) is 11.4 Å². The Morgan fingerprint density at radius 1 is 1.35 bits per heavy atom. The number of rotatable bonds is 6. The minimum Gasteiger partial charge on any atom is -0.367 e. The quantitative estimate of drug-likeness (QED) is 0.716. The minimum atomic E-state index is -0.857. The van der Waals surface area contributed by atoms with Gasteiger partial charge in [-0.1, -0.05) is 13.8 Å². The van der Waals surface area contributed by atoms with Gasteiger partial charge in [0.25, 0.3) is 0 Å². The van der Waals surface area contributed by atoms with Crippen LogP contribution in [0.5, 0.6) is 0 Å². The van der Waals surface area contributed by atoms with Crippen molar-refractivity contribution < 1.29 is 13.9 Å². The Hall–Kier alpha value is -1.29. The molecular weight excluding hydrogens is 221 g/mol. The van der Waals surface area contributed by atoms with E-state index < -0.39 is 11.4 Å². The van der Waals surface area contributed by atoms with Crippen molar-refractivity contribution in [3.05, 3.63) is 29.8 Å². The Labute approximate surface area is 101 Å². The smallest absolute Gasteiger partial charge is 0.196 e. The monoisotopic (exact) mass is 239 g/mol. The fraction of sp³-hybridized carbons (Fsp3) is 0.538. The number of ketones is 1. The summed E-state index contributed by atoms with van der Waals surface area (Å²) in [7, 11) is 0. The van der Waals surface area contributed by atoms with E-state index >= 15 is 0 Å². The molecule has 0 bridgehead atoms. The second-order valence-electron chi connectivity index (χ2n) is 3.86. The third-order valence-corrected chi connectivity index (χ3v) is 2.94. The first-order valence-electron chi connectivity index (χ1n) is 5.89. The summed E-state index contributed by atoms with van der Waals surface area (Å²) in [4.78, 5) is 16.0. The van der Waals surface area contributed by atoms with E-state index in [4.69, 9.17) is 4.74 Å². The van der Waals surface area contributed by atoms with E-state index in [2.05, 4.69) is 4.98 Å². The maximum Gasteiger partial charge on any atom is 0.196 e. The van der Waals surface area contributed by atoms with E-state index in [-0.39, 0.29) is 11.3 Å². The number of carbonyl (C=O) groups is 1. The van der Waals surface area contributed by atoms with Crippen molar-refractivity contribution in [3.8, 4) is 0 Å². The van der Waals surface area contributed by atoms with Crippen LogP contribution in [0, 0.1) is 5.82 Å². The molecule has 0 saturated heterocycles. The molecular formula is C13H18FNO2. The molecule has 0 amide bonds. The molecule has 4 heteroatoms. The summed E-state index contributed by atoms with van der Waals surface area (Å²) < 4.78 is 18.6. The first-order valence-corrected chi connectivity index (χ1v) is 5.89. The average molecular weight is 239 g/mol. The average Bonchev–Trinajstić information content (AvgIpc) is 2.35. The second kappa shape index (κ2) is 5.87. The highest BCUT2D eigenvalue weighted by molar-refractivity contribution is 6.02. The van der Waals surface area contributed by atoms with Crippen molar-refractivity contribution in [1.29, 1.82) is 0 Å². The van der Waals surface area contributed by atoms with Crippen molar-refractivity contribution in [2.75, 3.05) is 6.61 Å². The van der Waals surface area contributed by atoms with Crippen LogP contribution in [-0.2, 0) is 4.74 Å². The van der Waals surface area contributed by atoms with Crippen LogP contribution in [0.4, 0.5) is 4.39 Å². The Kier molecular flexibility index (Phi) is 4.75. The first kappa shape index (κ1) is 13.8. The molecule has 0 N–H and O–H groups in total. The summed E-state index contributed by atoms with van der Waals surface area (Å²) in [5, 5.41) is 0. The van der Waals surface area contributed by atoms with Gasteiger partial charge in [-0.2, -0.15) is 0 Å². The molecule has 3 nitrogen and oxygen atoms in total. The molecule has 1 heterocycles. The van der Waals surface area contributed by atoms with E-state index in [1.807, 2.05) is 20.8 Å². The van der Waals surface area contributed by atoms with Gasteiger partial charge >= 0.3 is 0 Å². The van der Waals surface area contributed by atoms with Crippen LogP contribution >= 0.6 is 0 Å². The molecule has 0 spiro atoms. The topological polar surface area (TPSA) is 39.2 Å². The molecule has 0 saturated carbocycles. The molecule has 0 radical (unpaired) electrons.